The largest absolute Gasteiger partial charge is 0.497 e. The molecule has 0 unspecified atom stereocenters. The van der Waals surface area contributed by atoms with Crippen molar-refractivity contribution < 1.29 is 4.74 Å². The first-order chi connectivity index (χ1) is 7.80. The Morgan fingerprint density at radius 2 is 2.31 bits per heavy atom. The molecule has 16 heavy (non-hydrogen) atoms. The van der Waals surface area contributed by atoms with Crippen molar-refractivity contribution in [2.45, 2.75) is 26.3 Å². The fourth-order valence-corrected chi connectivity index (χ4v) is 1.87. The highest BCUT2D eigenvalue weighted by molar-refractivity contribution is 5.56. The van der Waals surface area contributed by atoms with Crippen LogP contribution in [0, 0.1) is 0 Å². The molecule has 0 amide bonds. The van der Waals surface area contributed by atoms with Crippen molar-refractivity contribution in [3.8, 4) is 5.75 Å². The van der Waals surface area contributed by atoms with Gasteiger partial charge >= 0.3 is 0 Å². The van der Waals surface area contributed by atoms with Gasteiger partial charge in [-0.3, -0.25) is 0 Å². The molecule has 86 valence electrons. The molecular formula is C12H17N3O. The number of hydrogen-bond donors (Lipinski definition) is 1. The standard InChI is InChI=1S/C12H17N3O/c1-3-4-12-14-10(8-13)11-7-9(16-2)5-6-15(11)12/h5-7H,3-4,8,13H2,1-2H3. The average molecular weight is 219 g/mol. The van der Waals surface area contributed by atoms with E-state index < -0.39 is 0 Å². The van der Waals surface area contributed by atoms with Crippen LogP contribution in [-0.4, -0.2) is 16.5 Å². The van der Waals surface area contributed by atoms with Crippen LogP contribution in [0.25, 0.3) is 5.52 Å². The van der Waals surface area contributed by atoms with E-state index in [9.17, 15) is 0 Å². The monoisotopic (exact) mass is 219 g/mol. The molecule has 4 nitrogen and oxygen atoms in total. The van der Waals surface area contributed by atoms with E-state index in [-0.39, 0.29) is 0 Å². The van der Waals surface area contributed by atoms with Gasteiger partial charge in [0.15, 0.2) is 0 Å². The Morgan fingerprint density at radius 3 is 2.94 bits per heavy atom. The van der Waals surface area contributed by atoms with E-state index in [1.807, 2.05) is 18.3 Å². The molecule has 0 fully saturated rings. The topological polar surface area (TPSA) is 52.5 Å². The Balaban J connectivity index is 2.59. The van der Waals surface area contributed by atoms with Crippen molar-refractivity contribution in [2.75, 3.05) is 7.11 Å². The van der Waals surface area contributed by atoms with E-state index in [0.717, 1.165) is 35.6 Å². The second kappa shape index (κ2) is 4.53. The fourth-order valence-electron chi connectivity index (χ4n) is 1.87. The van der Waals surface area contributed by atoms with Crippen molar-refractivity contribution >= 4 is 5.52 Å². The zero-order valence-electron chi connectivity index (χ0n) is 9.73. The van der Waals surface area contributed by atoms with Gasteiger partial charge in [0, 0.05) is 25.2 Å². The highest BCUT2D eigenvalue weighted by atomic mass is 16.5. The number of aryl methyl sites for hydroxylation is 1. The van der Waals surface area contributed by atoms with Gasteiger partial charge in [-0.2, -0.15) is 0 Å². The van der Waals surface area contributed by atoms with E-state index in [1.165, 1.54) is 0 Å². The Morgan fingerprint density at radius 1 is 1.50 bits per heavy atom. The van der Waals surface area contributed by atoms with Crippen LogP contribution in [0.5, 0.6) is 5.75 Å². The van der Waals surface area contributed by atoms with Gasteiger partial charge in [0.05, 0.1) is 18.3 Å². The van der Waals surface area contributed by atoms with E-state index in [4.69, 9.17) is 10.5 Å². The quantitative estimate of drug-likeness (QED) is 0.852. The van der Waals surface area contributed by atoms with Crippen LogP contribution < -0.4 is 10.5 Å². The maximum Gasteiger partial charge on any atom is 0.122 e. The maximum atomic E-state index is 5.70. The second-order valence-corrected chi connectivity index (χ2v) is 3.75. The van der Waals surface area contributed by atoms with Gasteiger partial charge in [-0.1, -0.05) is 6.92 Å². The predicted octanol–water partition coefficient (Wildman–Crippen LogP) is 1.75. The summed E-state index contributed by atoms with van der Waals surface area (Å²) in [7, 11) is 1.66. The molecule has 0 spiro atoms. The lowest BCUT2D eigenvalue weighted by atomic mass is 10.3. The minimum Gasteiger partial charge on any atom is -0.497 e. The number of nitrogens with zero attached hydrogens (tertiary/aromatic N) is 2. The highest BCUT2D eigenvalue weighted by Crippen LogP contribution is 2.19. The first kappa shape index (κ1) is 11.0. The normalized spacial score (nSPS) is 10.9. The molecule has 2 aromatic rings. The lowest BCUT2D eigenvalue weighted by Gasteiger charge is -2.02. The van der Waals surface area contributed by atoms with Crippen LogP contribution in [-0.2, 0) is 13.0 Å². The van der Waals surface area contributed by atoms with Crippen molar-refractivity contribution in [2.24, 2.45) is 5.73 Å². The third-order valence-corrected chi connectivity index (χ3v) is 2.67. The van der Waals surface area contributed by atoms with Gasteiger partial charge in [-0.15, -0.1) is 0 Å². The summed E-state index contributed by atoms with van der Waals surface area (Å²) in [5.41, 5.74) is 7.68. The molecule has 0 saturated heterocycles. The Bertz CT molecular complexity index is 490. The van der Waals surface area contributed by atoms with E-state index in [1.54, 1.807) is 7.11 Å². The van der Waals surface area contributed by atoms with Gasteiger partial charge in [-0.25, -0.2) is 4.98 Å². The zero-order chi connectivity index (χ0) is 11.5. The minimum absolute atomic E-state index is 0.459. The first-order valence-corrected chi connectivity index (χ1v) is 5.54. The molecule has 0 aliphatic heterocycles. The maximum absolute atomic E-state index is 5.70. The van der Waals surface area contributed by atoms with Crippen LogP contribution in [0.15, 0.2) is 18.3 Å². The van der Waals surface area contributed by atoms with Crippen LogP contribution in [0.2, 0.25) is 0 Å². The average Bonchev–Trinajstić information content (AvgIpc) is 2.67. The van der Waals surface area contributed by atoms with Crippen LogP contribution in [0.1, 0.15) is 24.9 Å². The molecule has 0 atom stereocenters. The van der Waals surface area contributed by atoms with Gasteiger partial charge in [0.25, 0.3) is 0 Å². The Labute approximate surface area is 95.0 Å². The van der Waals surface area contributed by atoms with E-state index in [2.05, 4.69) is 16.3 Å². The number of nitrogens with two attached hydrogens (primary N) is 1. The molecule has 2 N–H and O–H groups in total. The molecule has 0 aromatic carbocycles. The molecule has 4 heteroatoms. The Kier molecular flexibility index (Phi) is 3.10. The summed E-state index contributed by atoms with van der Waals surface area (Å²) in [5.74, 6) is 1.91. The number of aromatic nitrogens is 2. The van der Waals surface area contributed by atoms with Crippen molar-refractivity contribution in [3.63, 3.8) is 0 Å². The summed E-state index contributed by atoms with van der Waals surface area (Å²) >= 11 is 0. The number of methoxy groups -OCH3 is 1. The zero-order valence-corrected chi connectivity index (χ0v) is 9.73. The van der Waals surface area contributed by atoms with E-state index >= 15 is 0 Å². The van der Waals surface area contributed by atoms with E-state index in [0.29, 0.717) is 6.54 Å². The van der Waals surface area contributed by atoms with Gasteiger partial charge < -0.3 is 14.9 Å². The number of pyridine rings is 1. The van der Waals surface area contributed by atoms with Crippen LogP contribution in [0.3, 0.4) is 0 Å². The van der Waals surface area contributed by atoms with Crippen LogP contribution >= 0.6 is 0 Å². The lowest BCUT2D eigenvalue weighted by Crippen LogP contribution is -1.97. The summed E-state index contributed by atoms with van der Waals surface area (Å²) in [5, 5.41) is 0. The number of rotatable bonds is 4. The lowest BCUT2D eigenvalue weighted by molar-refractivity contribution is 0.414. The molecule has 0 radical (unpaired) electrons. The molecule has 2 rings (SSSR count). The molecule has 0 aliphatic carbocycles. The van der Waals surface area contributed by atoms with Crippen LogP contribution in [0.4, 0.5) is 0 Å². The number of fused-ring (bicyclic) bond motifs is 1. The third-order valence-electron chi connectivity index (χ3n) is 2.67. The van der Waals surface area contributed by atoms with Crippen molar-refractivity contribution in [1.82, 2.24) is 9.38 Å². The number of ether oxygens (including phenoxy) is 1. The SMILES string of the molecule is CCCc1nc(CN)c2cc(OC)ccn12. The smallest absolute Gasteiger partial charge is 0.122 e. The summed E-state index contributed by atoms with van der Waals surface area (Å²) in [6, 6.07) is 3.92. The fraction of sp³-hybridized carbons (Fsp3) is 0.417. The molecule has 0 bridgehead atoms. The molecule has 2 heterocycles. The second-order valence-electron chi connectivity index (χ2n) is 3.75. The summed E-state index contributed by atoms with van der Waals surface area (Å²) < 4.78 is 7.30. The first-order valence-electron chi connectivity index (χ1n) is 5.54. The Hall–Kier alpha value is -1.55. The van der Waals surface area contributed by atoms with Crippen molar-refractivity contribution in [1.29, 1.82) is 0 Å². The number of imidazole rings is 1. The molecule has 0 aliphatic rings. The van der Waals surface area contributed by atoms with Crippen molar-refractivity contribution in [3.05, 3.63) is 29.8 Å². The summed E-state index contributed by atoms with van der Waals surface area (Å²) in [4.78, 5) is 4.56. The minimum atomic E-state index is 0.459. The summed E-state index contributed by atoms with van der Waals surface area (Å²) in [6.45, 7) is 2.60. The highest BCUT2D eigenvalue weighted by Gasteiger charge is 2.09. The van der Waals surface area contributed by atoms with Gasteiger partial charge in [0.1, 0.15) is 11.6 Å². The molecule has 2 aromatic heterocycles. The summed E-state index contributed by atoms with van der Waals surface area (Å²) in [6.07, 6.45) is 4.04. The molecular weight excluding hydrogens is 202 g/mol. The predicted molar refractivity (Wildman–Crippen MR) is 63.6 cm³/mol. The van der Waals surface area contributed by atoms with Gasteiger partial charge in [-0.05, 0) is 12.5 Å². The number of hydrogen-bond acceptors (Lipinski definition) is 3. The van der Waals surface area contributed by atoms with Gasteiger partial charge in [0.2, 0.25) is 0 Å². The third kappa shape index (κ3) is 1.76. The molecule has 0 saturated carbocycles.